The average molecular weight is 428 g/mol. The first kappa shape index (κ1) is 17.1. The van der Waals surface area contributed by atoms with E-state index in [2.05, 4.69) is 65.5 Å². The summed E-state index contributed by atoms with van der Waals surface area (Å²) in [6.07, 6.45) is 9.57. The van der Waals surface area contributed by atoms with Gasteiger partial charge in [-0.3, -0.25) is 4.79 Å². The maximum Gasteiger partial charge on any atom is 0.231 e. The molecule has 0 bridgehead atoms. The lowest BCUT2D eigenvalue weighted by Crippen LogP contribution is -2.42. The Morgan fingerprint density at radius 1 is 1.19 bits per heavy atom. The fraction of sp³-hybridized carbons (Fsp3) is 0.409. The van der Waals surface area contributed by atoms with Crippen molar-refractivity contribution in [3.05, 3.63) is 57.7 Å². The Bertz CT molecular complexity index is 914. The minimum Gasteiger partial charge on any atom is -0.454 e. The maximum atomic E-state index is 13.2. The number of allylic oxidation sites excluding steroid dienone is 5. The summed E-state index contributed by atoms with van der Waals surface area (Å²) in [4.78, 5) is 13.2. The number of carbonyl (C=O) groups excluding carboxylic acids is 1. The molecular formula is C22H22BrNO3. The standard InChI is InChI=1S/C22H22BrNO3/c1-11(2)12-6-7-17-20(22(12)25)13-4-3-5-14(13)21(24-17)15-8-18-19(9-16(15)23)27-10-26-18/h3-4,6-9,11-14,21,24H,5,10H2,1-2H3/t12?,13-,14+,21-/m1/s1. The fourth-order valence-corrected chi connectivity index (χ4v) is 5.33. The van der Waals surface area contributed by atoms with E-state index in [-0.39, 0.29) is 30.5 Å². The van der Waals surface area contributed by atoms with Crippen molar-refractivity contribution in [2.75, 3.05) is 6.79 Å². The molecule has 4 atom stereocenters. The van der Waals surface area contributed by atoms with Gasteiger partial charge in [0.15, 0.2) is 17.3 Å². The largest absolute Gasteiger partial charge is 0.454 e. The van der Waals surface area contributed by atoms with Crippen molar-refractivity contribution >= 4 is 21.7 Å². The number of nitrogens with one attached hydrogen (secondary N) is 1. The number of rotatable bonds is 2. The van der Waals surface area contributed by atoms with Crippen LogP contribution < -0.4 is 14.8 Å². The molecule has 1 aromatic carbocycles. The van der Waals surface area contributed by atoms with Crippen LogP contribution in [0.4, 0.5) is 0 Å². The predicted molar refractivity (Wildman–Crippen MR) is 106 cm³/mol. The lowest BCUT2D eigenvalue weighted by Gasteiger charge is -2.40. The summed E-state index contributed by atoms with van der Waals surface area (Å²) >= 11 is 3.71. The van der Waals surface area contributed by atoms with Crippen LogP contribution in [0.1, 0.15) is 31.9 Å². The summed E-state index contributed by atoms with van der Waals surface area (Å²) in [5, 5.41) is 3.67. The predicted octanol–water partition coefficient (Wildman–Crippen LogP) is 4.68. The van der Waals surface area contributed by atoms with Crippen LogP contribution in [-0.4, -0.2) is 12.6 Å². The number of halogens is 1. The number of ether oxygens (including phenoxy) is 2. The molecule has 0 amide bonds. The van der Waals surface area contributed by atoms with Gasteiger partial charge in [-0.25, -0.2) is 0 Å². The molecule has 1 unspecified atom stereocenters. The molecule has 5 heteroatoms. The molecule has 4 aliphatic rings. The highest BCUT2D eigenvalue weighted by atomic mass is 79.9. The second-order valence-electron chi connectivity index (χ2n) is 8.02. The molecule has 5 rings (SSSR count). The second kappa shape index (κ2) is 6.26. The molecule has 4 nitrogen and oxygen atoms in total. The number of Topliss-reactive ketones (excluding diaryl/α,β-unsaturated/α-hetero) is 1. The molecule has 2 aliphatic heterocycles. The van der Waals surface area contributed by atoms with Crippen molar-refractivity contribution in [3.63, 3.8) is 0 Å². The second-order valence-corrected chi connectivity index (χ2v) is 8.88. The maximum absolute atomic E-state index is 13.2. The minimum atomic E-state index is -0.0194. The van der Waals surface area contributed by atoms with Crippen LogP contribution in [0.2, 0.25) is 0 Å². The monoisotopic (exact) mass is 427 g/mol. The topological polar surface area (TPSA) is 47.6 Å². The number of ketones is 1. The van der Waals surface area contributed by atoms with Crippen LogP contribution in [0.15, 0.2) is 52.2 Å². The molecule has 140 valence electrons. The Hall–Kier alpha value is -2.01. The van der Waals surface area contributed by atoms with E-state index in [4.69, 9.17) is 9.47 Å². The van der Waals surface area contributed by atoms with Gasteiger partial charge in [0.25, 0.3) is 0 Å². The van der Waals surface area contributed by atoms with Gasteiger partial charge in [-0.15, -0.1) is 0 Å². The van der Waals surface area contributed by atoms with Crippen LogP contribution >= 0.6 is 15.9 Å². The number of hydrogen-bond acceptors (Lipinski definition) is 4. The summed E-state index contributed by atoms with van der Waals surface area (Å²) < 4.78 is 12.1. The normalized spacial score (nSPS) is 30.6. The van der Waals surface area contributed by atoms with Crippen LogP contribution in [0.25, 0.3) is 0 Å². The van der Waals surface area contributed by atoms with E-state index >= 15 is 0 Å². The van der Waals surface area contributed by atoms with Gasteiger partial charge in [-0.2, -0.15) is 0 Å². The van der Waals surface area contributed by atoms with Gasteiger partial charge in [0.05, 0.1) is 6.04 Å². The molecule has 27 heavy (non-hydrogen) atoms. The van der Waals surface area contributed by atoms with Crippen LogP contribution in [-0.2, 0) is 4.79 Å². The summed E-state index contributed by atoms with van der Waals surface area (Å²) in [6, 6.07) is 4.16. The SMILES string of the molecule is CC(C)C1C=CC2=C(C1=O)[C@@H]1C=CC[C@@H]1[C@H](c1cc3c(cc1Br)OCO3)N2. The van der Waals surface area contributed by atoms with Gasteiger partial charge in [0.1, 0.15) is 0 Å². The molecule has 0 aromatic heterocycles. The summed E-state index contributed by atoms with van der Waals surface area (Å²) in [5.41, 5.74) is 3.08. The molecule has 1 N–H and O–H groups in total. The molecule has 0 saturated carbocycles. The zero-order valence-electron chi connectivity index (χ0n) is 15.4. The van der Waals surface area contributed by atoms with Crippen molar-refractivity contribution in [2.45, 2.75) is 26.3 Å². The van der Waals surface area contributed by atoms with Crippen molar-refractivity contribution < 1.29 is 14.3 Å². The quantitative estimate of drug-likeness (QED) is 0.695. The van der Waals surface area contributed by atoms with Gasteiger partial charge in [-0.1, -0.05) is 48.0 Å². The first-order valence-electron chi connectivity index (χ1n) is 9.53. The van der Waals surface area contributed by atoms with E-state index in [9.17, 15) is 4.79 Å². The summed E-state index contributed by atoms with van der Waals surface area (Å²) in [6.45, 7) is 4.49. The molecular weight excluding hydrogens is 406 g/mol. The summed E-state index contributed by atoms with van der Waals surface area (Å²) in [7, 11) is 0. The number of fused-ring (bicyclic) bond motifs is 3. The Kier molecular flexibility index (Phi) is 3.97. The molecule has 0 radical (unpaired) electrons. The summed E-state index contributed by atoms with van der Waals surface area (Å²) in [5.74, 6) is 2.62. The molecule has 0 fully saturated rings. The Morgan fingerprint density at radius 3 is 2.74 bits per heavy atom. The molecule has 0 saturated heterocycles. The first-order valence-corrected chi connectivity index (χ1v) is 10.3. The average Bonchev–Trinajstić information content (AvgIpc) is 3.28. The van der Waals surface area contributed by atoms with E-state index < -0.39 is 0 Å². The van der Waals surface area contributed by atoms with Gasteiger partial charge in [0, 0.05) is 27.6 Å². The van der Waals surface area contributed by atoms with Crippen molar-refractivity contribution in [1.82, 2.24) is 5.32 Å². The van der Waals surface area contributed by atoms with Crippen LogP contribution in [0.5, 0.6) is 11.5 Å². The van der Waals surface area contributed by atoms with Gasteiger partial charge < -0.3 is 14.8 Å². The Morgan fingerprint density at radius 2 is 1.96 bits per heavy atom. The van der Waals surface area contributed by atoms with E-state index in [0.717, 1.165) is 39.2 Å². The van der Waals surface area contributed by atoms with E-state index in [1.54, 1.807) is 0 Å². The highest BCUT2D eigenvalue weighted by Crippen LogP contribution is 2.50. The smallest absolute Gasteiger partial charge is 0.231 e. The third kappa shape index (κ3) is 2.59. The minimum absolute atomic E-state index is 0.0194. The van der Waals surface area contributed by atoms with Crippen molar-refractivity contribution in [3.8, 4) is 11.5 Å². The zero-order chi connectivity index (χ0) is 18.7. The molecule has 0 spiro atoms. The number of carbonyl (C=O) groups is 1. The highest BCUT2D eigenvalue weighted by molar-refractivity contribution is 9.10. The molecule has 2 aliphatic carbocycles. The van der Waals surface area contributed by atoms with Gasteiger partial charge in [0.2, 0.25) is 6.79 Å². The first-order chi connectivity index (χ1) is 13.0. The fourth-order valence-electron chi connectivity index (χ4n) is 4.76. The van der Waals surface area contributed by atoms with Gasteiger partial charge in [-0.05, 0) is 42.0 Å². The Labute approximate surface area is 167 Å². The van der Waals surface area contributed by atoms with E-state index in [0.29, 0.717) is 11.8 Å². The lowest BCUT2D eigenvalue weighted by atomic mass is 9.71. The highest BCUT2D eigenvalue weighted by Gasteiger charge is 2.44. The third-order valence-electron chi connectivity index (χ3n) is 6.16. The lowest BCUT2D eigenvalue weighted by molar-refractivity contribution is -0.119. The molecule has 2 heterocycles. The molecule has 1 aromatic rings. The van der Waals surface area contributed by atoms with E-state index in [1.165, 1.54) is 0 Å². The zero-order valence-corrected chi connectivity index (χ0v) is 17.0. The van der Waals surface area contributed by atoms with Gasteiger partial charge >= 0.3 is 0 Å². The number of hydrogen-bond donors (Lipinski definition) is 1. The third-order valence-corrected chi connectivity index (χ3v) is 6.85. The van der Waals surface area contributed by atoms with Crippen LogP contribution in [0.3, 0.4) is 0 Å². The van der Waals surface area contributed by atoms with Crippen LogP contribution in [0, 0.1) is 23.7 Å². The van der Waals surface area contributed by atoms with Crippen molar-refractivity contribution in [2.24, 2.45) is 23.7 Å². The van der Waals surface area contributed by atoms with E-state index in [1.807, 2.05) is 6.07 Å². The number of benzene rings is 1. The Balaban J connectivity index is 1.56. The van der Waals surface area contributed by atoms with Crippen molar-refractivity contribution in [1.29, 1.82) is 0 Å².